The third kappa shape index (κ3) is 6.05. The van der Waals surface area contributed by atoms with Crippen LogP contribution in [0.1, 0.15) is 49.1 Å². The summed E-state index contributed by atoms with van der Waals surface area (Å²) in [5, 5.41) is 20.5. The Balaban J connectivity index is 0.000000349. The molecule has 0 bridgehead atoms. The second kappa shape index (κ2) is 11.5. The molecule has 1 aliphatic heterocycles. The molecular weight excluding hydrogens is 474 g/mol. The fraction of sp³-hybridized carbons (Fsp3) is 0.536. The van der Waals surface area contributed by atoms with Crippen LogP contribution in [0, 0.1) is 5.92 Å². The number of carboxylic acid groups (broad SMARTS) is 2. The lowest BCUT2D eigenvalue weighted by molar-refractivity contribution is -0.134. The van der Waals surface area contributed by atoms with E-state index in [1.165, 1.54) is 22.0 Å². The maximum atomic E-state index is 12.9. The molecule has 2 aromatic rings. The van der Waals surface area contributed by atoms with E-state index < -0.39 is 11.9 Å². The standard InChI is InChI=1S/C24H33N3O2.C4H4O4/c1-26-13-16-11-22-20(19-5-4-6-21(26)23(16)19)12-17(14-27(22)2)25-24(28)15-7-9-18(29-3)10-8-15;5-3(6)1-2-4(7)8/h4-6,13,15,17-18,20,22H,7-12,14H2,1-3H3,(H,25,28);1-2H,(H,5,6)(H,7,8)/b;2-1-/t15?,17-,18?,20-,22-;/m1./s1. The highest BCUT2D eigenvalue weighted by Crippen LogP contribution is 2.43. The first-order chi connectivity index (χ1) is 17.7. The van der Waals surface area contributed by atoms with Gasteiger partial charge in [-0.1, -0.05) is 12.1 Å². The molecule has 9 heteroatoms. The number of aliphatic carboxylic acids is 2. The third-order valence-electron chi connectivity index (χ3n) is 8.12. The van der Waals surface area contributed by atoms with E-state index in [-0.39, 0.29) is 17.9 Å². The summed E-state index contributed by atoms with van der Waals surface area (Å²) in [4.78, 5) is 34.5. The topological polar surface area (TPSA) is 121 Å². The van der Waals surface area contributed by atoms with Crippen LogP contribution in [0.25, 0.3) is 10.9 Å². The molecule has 9 nitrogen and oxygen atoms in total. The van der Waals surface area contributed by atoms with E-state index in [2.05, 4.69) is 53.3 Å². The summed E-state index contributed by atoms with van der Waals surface area (Å²) in [5.74, 6) is -1.62. The van der Waals surface area contributed by atoms with Gasteiger partial charge in [-0.2, -0.15) is 0 Å². The van der Waals surface area contributed by atoms with Crippen LogP contribution in [-0.4, -0.2) is 76.4 Å². The van der Waals surface area contributed by atoms with E-state index in [4.69, 9.17) is 14.9 Å². The fourth-order valence-electron chi connectivity index (χ4n) is 6.35. The number of ether oxygens (including phenoxy) is 1. The first kappa shape index (κ1) is 26.9. The molecule has 2 aliphatic carbocycles. The molecule has 1 saturated carbocycles. The van der Waals surface area contributed by atoms with Crippen molar-refractivity contribution in [1.82, 2.24) is 14.8 Å². The summed E-state index contributed by atoms with van der Waals surface area (Å²) in [6.07, 6.45) is 9.82. The van der Waals surface area contributed by atoms with Crippen LogP contribution in [0.4, 0.5) is 0 Å². The normalized spacial score (nSPS) is 27.3. The molecule has 200 valence electrons. The number of piperidine rings is 1. The van der Waals surface area contributed by atoms with Crippen LogP contribution in [0.3, 0.4) is 0 Å². The van der Waals surface area contributed by atoms with Crippen molar-refractivity contribution in [2.24, 2.45) is 13.0 Å². The zero-order valence-electron chi connectivity index (χ0n) is 21.7. The van der Waals surface area contributed by atoms with Crippen LogP contribution in [0.2, 0.25) is 0 Å². The van der Waals surface area contributed by atoms with E-state index in [1.807, 2.05) is 0 Å². The van der Waals surface area contributed by atoms with Crippen molar-refractivity contribution in [1.29, 1.82) is 0 Å². The highest BCUT2D eigenvalue weighted by molar-refractivity contribution is 5.90. The fourth-order valence-corrected chi connectivity index (χ4v) is 6.35. The summed E-state index contributed by atoms with van der Waals surface area (Å²) in [6.45, 7) is 0.943. The van der Waals surface area contributed by atoms with Gasteiger partial charge in [0.25, 0.3) is 0 Å². The SMILES string of the molecule is COC1CCC(C(=O)N[C@@H]2C[C@@H]3c4cccc5c4c(cn5C)C[C@H]3N(C)C2)CC1.O=C(O)/C=C\C(=O)O. The average molecular weight is 512 g/mol. The van der Waals surface area contributed by atoms with E-state index in [0.717, 1.165) is 45.1 Å². The zero-order chi connectivity index (χ0) is 26.7. The second-order valence-corrected chi connectivity index (χ2v) is 10.5. The molecule has 5 rings (SSSR count). The van der Waals surface area contributed by atoms with Gasteiger partial charge in [0.05, 0.1) is 6.10 Å². The Morgan fingerprint density at radius 1 is 1.05 bits per heavy atom. The number of aryl methyl sites for hydroxylation is 1. The highest BCUT2D eigenvalue weighted by atomic mass is 16.5. The van der Waals surface area contributed by atoms with Gasteiger partial charge in [0, 0.05) is 73.9 Å². The molecule has 1 aromatic heterocycles. The van der Waals surface area contributed by atoms with Gasteiger partial charge in [0.2, 0.25) is 5.91 Å². The summed E-state index contributed by atoms with van der Waals surface area (Å²) < 4.78 is 7.73. The summed E-state index contributed by atoms with van der Waals surface area (Å²) in [6, 6.07) is 7.49. The van der Waals surface area contributed by atoms with Crippen molar-refractivity contribution in [3.05, 3.63) is 47.7 Å². The molecule has 3 N–H and O–H groups in total. The van der Waals surface area contributed by atoms with Crippen molar-refractivity contribution in [3.63, 3.8) is 0 Å². The van der Waals surface area contributed by atoms with Gasteiger partial charge in [-0.15, -0.1) is 0 Å². The molecule has 0 unspecified atom stereocenters. The number of hydrogen-bond acceptors (Lipinski definition) is 5. The number of carbonyl (C=O) groups excluding carboxylic acids is 1. The second-order valence-electron chi connectivity index (χ2n) is 10.5. The lowest BCUT2D eigenvalue weighted by Gasteiger charge is -2.46. The Labute approximate surface area is 217 Å². The van der Waals surface area contributed by atoms with Crippen molar-refractivity contribution in [3.8, 4) is 0 Å². The number of carbonyl (C=O) groups is 3. The monoisotopic (exact) mass is 511 g/mol. The lowest BCUT2D eigenvalue weighted by atomic mass is 9.74. The number of fused-ring (bicyclic) bond motifs is 2. The molecule has 0 spiro atoms. The van der Waals surface area contributed by atoms with Crippen molar-refractivity contribution in [2.45, 2.75) is 62.6 Å². The predicted octanol–water partition coefficient (Wildman–Crippen LogP) is 2.92. The zero-order valence-corrected chi connectivity index (χ0v) is 21.7. The van der Waals surface area contributed by atoms with Gasteiger partial charge < -0.3 is 29.7 Å². The van der Waals surface area contributed by atoms with Gasteiger partial charge in [-0.05, 0) is 62.8 Å². The first-order valence-electron chi connectivity index (χ1n) is 12.9. The smallest absolute Gasteiger partial charge is 0.328 e. The Kier molecular flexibility index (Phi) is 8.34. The van der Waals surface area contributed by atoms with E-state index in [0.29, 0.717) is 30.2 Å². The number of likely N-dealkylation sites (N-methyl/N-ethyl adjacent to an activating group) is 1. The van der Waals surface area contributed by atoms with Crippen LogP contribution < -0.4 is 5.32 Å². The average Bonchev–Trinajstić information content (AvgIpc) is 3.20. The molecule has 2 heterocycles. The number of carboxylic acids is 2. The molecule has 2 fully saturated rings. The van der Waals surface area contributed by atoms with Crippen LogP contribution in [0.15, 0.2) is 36.5 Å². The lowest BCUT2D eigenvalue weighted by Crippen LogP contribution is -2.55. The minimum Gasteiger partial charge on any atom is -0.478 e. The molecule has 1 aromatic carbocycles. The van der Waals surface area contributed by atoms with Crippen LogP contribution >= 0.6 is 0 Å². The largest absolute Gasteiger partial charge is 0.478 e. The van der Waals surface area contributed by atoms with Crippen molar-refractivity contribution < 1.29 is 29.3 Å². The van der Waals surface area contributed by atoms with Gasteiger partial charge >= 0.3 is 11.9 Å². The number of aromatic nitrogens is 1. The summed E-state index contributed by atoms with van der Waals surface area (Å²) in [5.41, 5.74) is 4.28. The number of nitrogens with one attached hydrogen (secondary N) is 1. The van der Waals surface area contributed by atoms with Crippen molar-refractivity contribution >= 4 is 28.7 Å². The molecule has 37 heavy (non-hydrogen) atoms. The van der Waals surface area contributed by atoms with Crippen LogP contribution in [-0.2, 0) is 32.6 Å². The number of nitrogens with zero attached hydrogens (tertiary/aromatic N) is 2. The number of benzene rings is 1. The number of rotatable bonds is 5. The first-order valence-corrected chi connectivity index (χ1v) is 12.9. The minimum atomic E-state index is -1.26. The molecule has 1 saturated heterocycles. The molecular formula is C28H37N3O6. The molecule has 3 aliphatic rings. The van der Waals surface area contributed by atoms with E-state index >= 15 is 0 Å². The highest BCUT2D eigenvalue weighted by Gasteiger charge is 2.40. The number of likely N-dealkylation sites (tertiary alicyclic amines) is 1. The molecule has 0 radical (unpaired) electrons. The Hall–Kier alpha value is -3.17. The Bertz CT molecular complexity index is 1160. The molecule has 3 atom stereocenters. The summed E-state index contributed by atoms with van der Waals surface area (Å²) >= 11 is 0. The third-order valence-corrected chi connectivity index (χ3v) is 8.12. The molecule has 1 amide bonds. The quantitative estimate of drug-likeness (QED) is 0.528. The number of hydrogen-bond donors (Lipinski definition) is 3. The number of methoxy groups -OCH3 is 1. The van der Waals surface area contributed by atoms with Crippen LogP contribution in [0.5, 0.6) is 0 Å². The van der Waals surface area contributed by atoms with Gasteiger partial charge in [0.15, 0.2) is 0 Å². The van der Waals surface area contributed by atoms with E-state index in [9.17, 15) is 14.4 Å². The minimum absolute atomic E-state index is 0.153. The van der Waals surface area contributed by atoms with E-state index in [1.54, 1.807) is 7.11 Å². The Morgan fingerprint density at radius 3 is 2.35 bits per heavy atom. The van der Waals surface area contributed by atoms with Crippen molar-refractivity contribution in [2.75, 3.05) is 20.7 Å². The predicted molar refractivity (Wildman–Crippen MR) is 139 cm³/mol. The number of amides is 1. The van der Waals surface area contributed by atoms with Gasteiger partial charge in [-0.25, -0.2) is 9.59 Å². The van der Waals surface area contributed by atoms with Gasteiger partial charge in [-0.3, -0.25) is 4.79 Å². The Morgan fingerprint density at radius 2 is 1.73 bits per heavy atom. The summed E-state index contributed by atoms with van der Waals surface area (Å²) in [7, 11) is 6.16. The van der Waals surface area contributed by atoms with Gasteiger partial charge in [0.1, 0.15) is 0 Å². The maximum absolute atomic E-state index is 12.9. The maximum Gasteiger partial charge on any atom is 0.328 e.